The maximum atomic E-state index is 12.4. The molecule has 128 valence electrons. The summed E-state index contributed by atoms with van der Waals surface area (Å²) in [6, 6.07) is 9.07. The van der Waals surface area contributed by atoms with Gasteiger partial charge >= 0.3 is 0 Å². The number of pyridine rings is 1. The summed E-state index contributed by atoms with van der Waals surface area (Å²) >= 11 is 0. The second-order valence-electron chi connectivity index (χ2n) is 6.29. The van der Waals surface area contributed by atoms with Crippen LogP contribution in [0.15, 0.2) is 41.4 Å². The molecule has 0 amide bonds. The maximum Gasteiger partial charge on any atom is 0.240 e. The predicted molar refractivity (Wildman–Crippen MR) is 95.6 cm³/mol. The summed E-state index contributed by atoms with van der Waals surface area (Å²) in [6.07, 6.45) is 4.16. The molecule has 0 unspecified atom stereocenters. The van der Waals surface area contributed by atoms with Crippen molar-refractivity contribution in [2.24, 2.45) is 0 Å². The SMILES string of the molecule is Cc1ccc(S(=O)(=O)NCc2ccc(N3CCCC3)nc2)cc1C. The lowest BCUT2D eigenvalue weighted by Crippen LogP contribution is -2.24. The zero-order valence-electron chi connectivity index (χ0n) is 14.1. The fourth-order valence-electron chi connectivity index (χ4n) is 2.80. The van der Waals surface area contributed by atoms with Crippen molar-refractivity contribution in [3.05, 3.63) is 53.2 Å². The summed E-state index contributed by atoms with van der Waals surface area (Å²) < 4.78 is 27.5. The van der Waals surface area contributed by atoms with Gasteiger partial charge in [-0.05, 0) is 61.6 Å². The van der Waals surface area contributed by atoms with Gasteiger partial charge in [-0.2, -0.15) is 0 Å². The average Bonchev–Trinajstić information content (AvgIpc) is 3.10. The lowest BCUT2D eigenvalue weighted by molar-refractivity contribution is 0.581. The molecule has 1 N–H and O–H groups in total. The summed E-state index contributed by atoms with van der Waals surface area (Å²) in [7, 11) is -3.51. The Kier molecular flexibility index (Phi) is 4.87. The molecule has 5 nitrogen and oxygen atoms in total. The maximum absolute atomic E-state index is 12.4. The van der Waals surface area contributed by atoms with Gasteiger partial charge in [0.15, 0.2) is 0 Å². The minimum absolute atomic E-state index is 0.239. The molecule has 2 aromatic rings. The highest BCUT2D eigenvalue weighted by Gasteiger charge is 2.15. The van der Waals surface area contributed by atoms with Crippen molar-refractivity contribution in [3.63, 3.8) is 0 Å². The Morgan fingerprint density at radius 3 is 2.46 bits per heavy atom. The van der Waals surface area contributed by atoms with Gasteiger partial charge in [0.05, 0.1) is 4.90 Å². The molecule has 2 heterocycles. The standard InChI is InChI=1S/C18H23N3O2S/c1-14-5-7-17(11-15(14)2)24(22,23)20-13-16-6-8-18(19-12-16)21-9-3-4-10-21/h5-8,11-12,20H,3-4,9-10,13H2,1-2H3. The zero-order valence-corrected chi connectivity index (χ0v) is 14.9. The molecule has 1 aromatic heterocycles. The summed E-state index contributed by atoms with van der Waals surface area (Å²) in [4.78, 5) is 7.00. The second-order valence-corrected chi connectivity index (χ2v) is 8.06. The van der Waals surface area contributed by atoms with Gasteiger partial charge in [0, 0.05) is 25.8 Å². The van der Waals surface area contributed by atoms with Crippen LogP contribution in [0.4, 0.5) is 5.82 Å². The highest BCUT2D eigenvalue weighted by Crippen LogP contribution is 2.18. The lowest BCUT2D eigenvalue weighted by atomic mass is 10.1. The number of hydrogen-bond acceptors (Lipinski definition) is 4. The second kappa shape index (κ2) is 6.91. The van der Waals surface area contributed by atoms with Gasteiger partial charge in [0.2, 0.25) is 10.0 Å². The number of nitrogens with one attached hydrogen (secondary N) is 1. The van der Waals surface area contributed by atoms with Gasteiger partial charge < -0.3 is 4.90 Å². The molecule has 1 saturated heterocycles. The van der Waals surface area contributed by atoms with Crippen LogP contribution in [0.1, 0.15) is 29.5 Å². The Labute approximate surface area is 143 Å². The van der Waals surface area contributed by atoms with E-state index in [1.807, 2.05) is 32.0 Å². The molecular formula is C18H23N3O2S. The van der Waals surface area contributed by atoms with E-state index in [2.05, 4.69) is 14.6 Å². The van der Waals surface area contributed by atoms with Crippen molar-refractivity contribution >= 4 is 15.8 Å². The van der Waals surface area contributed by atoms with Gasteiger partial charge in [-0.3, -0.25) is 0 Å². The number of sulfonamides is 1. The smallest absolute Gasteiger partial charge is 0.240 e. The number of rotatable bonds is 5. The quantitative estimate of drug-likeness (QED) is 0.905. The van der Waals surface area contributed by atoms with E-state index in [0.717, 1.165) is 35.6 Å². The van der Waals surface area contributed by atoms with E-state index in [-0.39, 0.29) is 6.54 Å². The first kappa shape index (κ1) is 16.9. The first-order chi connectivity index (χ1) is 11.5. The fourth-order valence-corrected chi connectivity index (χ4v) is 3.90. The molecule has 1 aliphatic rings. The molecule has 1 fully saturated rings. The molecule has 24 heavy (non-hydrogen) atoms. The molecule has 0 spiro atoms. The highest BCUT2D eigenvalue weighted by atomic mass is 32.2. The van der Waals surface area contributed by atoms with Gasteiger partial charge in [0.25, 0.3) is 0 Å². The van der Waals surface area contributed by atoms with Crippen LogP contribution >= 0.6 is 0 Å². The van der Waals surface area contributed by atoms with Crippen LogP contribution in [-0.4, -0.2) is 26.5 Å². The third kappa shape index (κ3) is 3.76. The highest BCUT2D eigenvalue weighted by molar-refractivity contribution is 7.89. The minimum atomic E-state index is -3.51. The third-order valence-electron chi connectivity index (χ3n) is 4.49. The van der Waals surface area contributed by atoms with Crippen molar-refractivity contribution in [1.29, 1.82) is 0 Å². The van der Waals surface area contributed by atoms with Crippen LogP contribution in [0, 0.1) is 13.8 Å². The number of benzene rings is 1. The van der Waals surface area contributed by atoms with Crippen LogP contribution in [0.3, 0.4) is 0 Å². The molecule has 1 aromatic carbocycles. The van der Waals surface area contributed by atoms with E-state index in [4.69, 9.17) is 0 Å². The zero-order chi connectivity index (χ0) is 17.2. The van der Waals surface area contributed by atoms with Crippen molar-refractivity contribution in [3.8, 4) is 0 Å². The Morgan fingerprint density at radius 2 is 1.83 bits per heavy atom. The van der Waals surface area contributed by atoms with Gasteiger partial charge in [0.1, 0.15) is 5.82 Å². The Morgan fingerprint density at radius 1 is 1.08 bits per heavy atom. The number of nitrogens with zero attached hydrogens (tertiary/aromatic N) is 2. The first-order valence-corrected chi connectivity index (χ1v) is 9.71. The predicted octanol–water partition coefficient (Wildman–Crippen LogP) is 2.78. The largest absolute Gasteiger partial charge is 0.357 e. The molecule has 0 aliphatic carbocycles. The summed E-state index contributed by atoms with van der Waals surface area (Å²) in [5.41, 5.74) is 2.90. The van der Waals surface area contributed by atoms with E-state index >= 15 is 0 Å². The lowest BCUT2D eigenvalue weighted by Gasteiger charge is -2.16. The van der Waals surface area contributed by atoms with Crippen LogP contribution in [0.25, 0.3) is 0 Å². The molecule has 3 rings (SSSR count). The van der Waals surface area contributed by atoms with Crippen molar-refractivity contribution in [1.82, 2.24) is 9.71 Å². The normalized spacial score (nSPS) is 15.0. The first-order valence-electron chi connectivity index (χ1n) is 8.22. The van der Waals surface area contributed by atoms with Crippen molar-refractivity contribution < 1.29 is 8.42 Å². The number of aryl methyl sites for hydroxylation is 2. The van der Waals surface area contributed by atoms with E-state index in [1.165, 1.54) is 12.8 Å². The fraction of sp³-hybridized carbons (Fsp3) is 0.389. The van der Waals surface area contributed by atoms with E-state index < -0.39 is 10.0 Å². The van der Waals surface area contributed by atoms with Crippen LogP contribution < -0.4 is 9.62 Å². The molecule has 1 aliphatic heterocycles. The number of hydrogen-bond donors (Lipinski definition) is 1. The Hall–Kier alpha value is -1.92. The van der Waals surface area contributed by atoms with Gasteiger partial charge in [-0.1, -0.05) is 12.1 Å². The van der Waals surface area contributed by atoms with Gasteiger partial charge in [-0.15, -0.1) is 0 Å². The van der Waals surface area contributed by atoms with Crippen molar-refractivity contribution in [2.45, 2.75) is 38.1 Å². The Bertz CT molecular complexity index is 811. The molecule has 0 radical (unpaired) electrons. The van der Waals surface area contributed by atoms with Crippen molar-refractivity contribution in [2.75, 3.05) is 18.0 Å². The molecule has 0 atom stereocenters. The molecule has 0 bridgehead atoms. The minimum Gasteiger partial charge on any atom is -0.357 e. The molecule has 0 saturated carbocycles. The van der Waals surface area contributed by atoms with Crippen LogP contribution in [0.5, 0.6) is 0 Å². The average molecular weight is 345 g/mol. The number of anilines is 1. The topological polar surface area (TPSA) is 62.3 Å². The van der Waals surface area contributed by atoms with E-state index in [0.29, 0.717) is 4.90 Å². The summed E-state index contributed by atoms with van der Waals surface area (Å²) in [6.45, 7) is 6.21. The van der Waals surface area contributed by atoms with E-state index in [9.17, 15) is 8.42 Å². The van der Waals surface area contributed by atoms with E-state index in [1.54, 1.807) is 18.3 Å². The Balaban J connectivity index is 1.66. The van der Waals surface area contributed by atoms with Gasteiger partial charge in [-0.25, -0.2) is 18.1 Å². The molecule has 6 heteroatoms. The van der Waals surface area contributed by atoms with Crippen LogP contribution in [0.2, 0.25) is 0 Å². The monoisotopic (exact) mass is 345 g/mol. The summed E-state index contributed by atoms with van der Waals surface area (Å²) in [5.74, 6) is 0.966. The van der Waals surface area contributed by atoms with Crippen LogP contribution in [-0.2, 0) is 16.6 Å². The summed E-state index contributed by atoms with van der Waals surface area (Å²) in [5, 5.41) is 0. The molecular weight excluding hydrogens is 322 g/mol. The third-order valence-corrected chi connectivity index (χ3v) is 5.89. The number of aromatic nitrogens is 1.